The van der Waals surface area contributed by atoms with Crippen LogP contribution in [0.4, 0.5) is 0 Å². The summed E-state index contributed by atoms with van der Waals surface area (Å²) in [5, 5.41) is 0. The van der Waals surface area contributed by atoms with Crippen molar-refractivity contribution in [1.82, 2.24) is 0 Å². The minimum Gasteiger partial charge on any atom is -0.468 e. The number of hydrogen-bond acceptors (Lipinski definition) is 4. The first-order chi connectivity index (χ1) is 10.1. The van der Waals surface area contributed by atoms with Crippen LogP contribution in [0.3, 0.4) is 0 Å². The Kier molecular flexibility index (Phi) is 3.32. The predicted octanol–water partition coefficient (Wildman–Crippen LogP) is 2.44. The fourth-order valence-corrected chi connectivity index (χ4v) is 3.65. The van der Waals surface area contributed by atoms with E-state index in [-0.39, 0.29) is 11.8 Å². The fraction of sp³-hybridized carbons (Fsp3) is 0.412. The highest BCUT2D eigenvalue weighted by molar-refractivity contribution is 6.01. The third-order valence-electron chi connectivity index (χ3n) is 4.72. The molecular weight excluding hydrogens is 268 g/mol. The number of rotatable bonds is 3. The predicted molar refractivity (Wildman–Crippen MR) is 77.1 cm³/mol. The first-order valence-corrected chi connectivity index (χ1v) is 7.06. The van der Waals surface area contributed by atoms with E-state index in [9.17, 15) is 9.59 Å². The largest absolute Gasteiger partial charge is 0.468 e. The van der Waals surface area contributed by atoms with Gasteiger partial charge < -0.3 is 9.47 Å². The van der Waals surface area contributed by atoms with Crippen molar-refractivity contribution >= 4 is 17.5 Å². The summed E-state index contributed by atoms with van der Waals surface area (Å²) in [6.07, 6.45) is 3.11. The highest BCUT2D eigenvalue weighted by Crippen LogP contribution is 2.58. The van der Waals surface area contributed by atoms with Crippen molar-refractivity contribution in [2.45, 2.75) is 12.8 Å². The zero-order valence-corrected chi connectivity index (χ0v) is 12.2. The van der Waals surface area contributed by atoms with Crippen LogP contribution in [-0.2, 0) is 19.1 Å². The van der Waals surface area contributed by atoms with E-state index in [1.165, 1.54) is 19.8 Å². The molecule has 1 saturated carbocycles. The van der Waals surface area contributed by atoms with Gasteiger partial charge in [0.25, 0.3) is 0 Å². The smallest absolute Gasteiger partial charge is 0.323 e. The minimum absolute atomic E-state index is 0.227. The molecule has 110 valence electrons. The molecule has 0 unspecified atom stereocenters. The zero-order chi connectivity index (χ0) is 15.0. The molecule has 0 bridgehead atoms. The lowest BCUT2D eigenvalue weighted by molar-refractivity contribution is -0.168. The van der Waals surface area contributed by atoms with Crippen LogP contribution in [0.1, 0.15) is 18.4 Å². The number of methoxy groups -OCH3 is 2. The zero-order valence-electron chi connectivity index (χ0n) is 12.2. The Hall–Kier alpha value is -2.10. The number of carbonyl (C=O) groups excluding carboxylic acids is 2. The van der Waals surface area contributed by atoms with E-state index in [0.717, 1.165) is 5.56 Å². The van der Waals surface area contributed by atoms with E-state index in [2.05, 4.69) is 18.2 Å². The Morgan fingerprint density at radius 3 is 2.24 bits per heavy atom. The number of fused-ring (bicyclic) bond motifs is 1. The summed E-state index contributed by atoms with van der Waals surface area (Å²) in [7, 11) is 2.64. The lowest BCUT2D eigenvalue weighted by atomic mass is 9.74. The number of carbonyl (C=O) groups is 2. The highest BCUT2D eigenvalue weighted by Gasteiger charge is 2.59. The molecule has 0 saturated heterocycles. The second-order valence-corrected chi connectivity index (χ2v) is 5.73. The van der Waals surface area contributed by atoms with Gasteiger partial charge in [0.2, 0.25) is 0 Å². The van der Waals surface area contributed by atoms with Crippen LogP contribution in [0.25, 0.3) is 5.57 Å². The Morgan fingerprint density at radius 2 is 1.67 bits per heavy atom. The van der Waals surface area contributed by atoms with E-state index in [0.29, 0.717) is 12.8 Å². The van der Waals surface area contributed by atoms with E-state index < -0.39 is 17.4 Å². The molecule has 0 amide bonds. The molecule has 21 heavy (non-hydrogen) atoms. The average molecular weight is 286 g/mol. The first-order valence-electron chi connectivity index (χ1n) is 7.06. The van der Waals surface area contributed by atoms with Crippen molar-refractivity contribution in [3.05, 3.63) is 42.0 Å². The second-order valence-electron chi connectivity index (χ2n) is 5.73. The van der Waals surface area contributed by atoms with Crippen molar-refractivity contribution < 1.29 is 19.1 Å². The Labute approximate surface area is 123 Å². The van der Waals surface area contributed by atoms with Crippen molar-refractivity contribution in [2.24, 2.45) is 17.3 Å². The quantitative estimate of drug-likeness (QED) is 0.632. The van der Waals surface area contributed by atoms with Crippen LogP contribution < -0.4 is 0 Å². The van der Waals surface area contributed by atoms with Gasteiger partial charge in [-0.1, -0.05) is 36.4 Å². The molecule has 4 heteroatoms. The monoisotopic (exact) mass is 286 g/mol. The second kappa shape index (κ2) is 5.02. The van der Waals surface area contributed by atoms with Gasteiger partial charge >= 0.3 is 11.9 Å². The number of hydrogen-bond donors (Lipinski definition) is 0. The maximum absolute atomic E-state index is 12.2. The third-order valence-corrected chi connectivity index (χ3v) is 4.72. The van der Waals surface area contributed by atoms with E-state index in [4.69, 9.17) is 9.47 Å². The van der Waals surface area contributed by atoms with Crippen LogP contribution >= 0.6 is 0 Å². The standard InChI is InChI=1S/C17H18O4/c1-20-15(18)17(16(19)21-2)9-12-8-13(14(12)10-17)11-6-4-3-5-7-11/h3-8,12,14H,9-10H2,1-2H3/t12-,14+/m0/s1. The van der Waals surface area contributed by atoms with Crippen LogP contribution in [0, 0.1) is 17.3 Å². The summed E-state index contributed by atoms with van der Waals surface area (Å²) < 4.78 is 9.73. The van der Waals surface area contributed by atoms with Crippen molar-refractivity contribution in [1.29, 1.82) is 0 Å². The molecule has 0 spiro atoms. The van der Waals surface area contributed by atoms with Crippen molar-refractivity contribution in [3.63, 3.8) is 0 Å². The summed E-state index contributed by atoms with van der Waals surface area (Å²) in [6.45, 7) is 0. The van der Waals surface area contributed by atoms with Crippen LogP contribution in [-0.4, -0.2) is 26.2 Å². The minimum atomic E-state index is -1.15. The van der Waals surface area contributed by atoms with Gasteiger partial charge in [-0.3, -0.25) is 9.59 Å². The maximum atomic E-state index is 12.2. The molecule has 2 aliphatic carbocycles. The molecule has 1 fully saturated rings. The number of allylic oxidation sites excluding steroid dienone is 2. The molecule has 0 heterocycles. The van der Waals surface area contributed by atoms with Gasteiger partial charge in [-0.05, 0) is 35.8 Å². The summed E-state index contributed by atoms with van der Waals surface area (Å²) in [6, 6.07) is 10.1. The molecule has 0 aromatic heterocycles. The van der Waals surface area contributed by atoms with Gasteiger partial charge in [-0.25, -0.2) is 0 Å². The third kappa shape index (κ3) is 1.97. The molecule has 2 aliphatic rings. The maximum Gasteiger partial charge on any atom is 0.323 e. The molecule has 2 atom stereocenters. The van der Waals surface area contributed by atoms with Gasteiger partial charge in [0, 0.05) is 0 Å². The molecule has 4 nitrogen and oxygen atoms in total. The topological polar surface area (TPSA) is 52.6 Å². The van der Waals surface area contributed by atoms with Gasteiger partial charge in [0.15, 0.2) is 5.41 Å². The molecular formula is C17H18O4. The van der Waals surface area contributed by atoms with Crippen molar-refractivity contribution in [3.8, 4) is 0 Å². The molecule has 0 radical (unpaired) electrons. The van der Waals surface area contributed by atoms with E-state index >= 15 is 0 Å². The summed E-state index contributed by atoms with van der Waals surface area (Å²) in [4.78, 5) is 24.3. The van der Waals surface area contributed by atoms with Crippen LogP contribution in [0.2, 0.25) is 0 Å². The lowest BCUT2D eigenvalue weighted by Gasteiger charge is -2.30. The molecule has 0 aliphatic heterocycles. The number of benzene rings is 1. The van der Waals surface area contributed by atoms with Crippen molar-refractivity contribution in [2.75, 3.05) is 14.2 Å². The summed E-state index contributed by atoms with van der Waals surface area (Å²) >= 11 is 0. The van der Waals surface area contributed by atoms with Gasteiger partial charge in [0.1, 0.15) is 0 Å². The number of esters is 2. The average Bonchev–Trinajstić information content (AvgIpc) is 2.82. The van der Waals surface area contributed by atoms with Crippen LogP contribution in [0.5, 0.6) is 0 Å². The molecule has 0 N–H and O–H groups in total. The molecule has 1 aromatic rings. The van der Waals surface area contributed by atoms with Gasteiger partial charge in [0.05, 0.1) is 14.2 Å². The summed E-state index contributed by atoms with van der Waals surface area (Å²) in [5.41, 5.74) is 1.23. The highest BCUT2D eigenvalue weighted by atomic mass is 16.5. The molecule has 1 aromatic carbocycles. The Bertz CT molecular complexity index is 586. The summed E-state index contributed by atoms with van der Waals surface area (Å²) in [5.74, 6) is -0.488. The van der Waals surface area contributed by atoms with Gasteiger partial charge in [-0.15, -0.1) is 0 Å². The van der Waals surface area contributed by atoms with E-state index in [1.54, 1.807) is 0 Å². The number of ether oxygens (including phenoxy) is 2. The normalized spacial score (nSPS) is 25.3. The lowest BCUT2D eigenvalue weighted by Crippen LogP contribution is -2.39. The first kappa shape index (κ1) is 13.9. The Balaban J connectivity index is 1.87. The van der Waals surface area contributed by atoms with Crippen LogP contribution in [0.15, 0.2) is 36.4 Å². The molecule has 3 rings (SSSR count). The SMILES string of the molecule is COC(=O)C1(C(=O)OC)C[C@@H]2C=C(c3ccccc3)[C@@H]2C1. The fourth-order valence-electron chi connectivity index (χ4n) is 3.65. The van der Waals surface area contributed by atoms with E-state index in [1.807, 2.05) is 18.2 Å². The Morgan fingerprint density at radius 1 is 1.05 bits per heavy atom. The van der Waals surface area contributed by atoms with Gasteiger partial charge in [-0.2, -0.15) is 0 Å².